The Bertz CT molecular complexity index is 434. The van der Waals surface area contributed by atoms with Gasteiger partial charge >= 0.3 is 0 Å². The Labute approximate surface area is 77.9 Å². The lowest BCUT2D eigenvalue weighted by molar-refractivity contribution is 0.546. The van der Waals surface area contributed by atoms with Crippen LogP contribution in [0.25, 0.3) is 0 Å². The van der Waals surface area contributed by atoms with Crippen molar-refractivity contribution in [1.29, 1.82) is 5.26 Å². The molecule has 0 unspecified atom stereocenters. The maximum absolute atomic E-state index is 8.37. The van der Waals surface area contributed by atoms with Crippen LogP contribution in [0, 0.1) is 11.3 Å². The van der Waals surface area contributed by atoms with E-state index >= 15 is 0 Å². The second-order valence-electron chi connectivity index (χ2n) is 2.36. The quantitative estimate of drug-likeness (QED) is 0.564. The molecule has 0 amide bonds. The second-order valence-corrected chi connectivity index (χ2v) is 2.36. The van der Waals surface area contributed by atoms with Crippen molar-refractivity contribution < 1.29 is 0 Å². The molecule has 0 aliphatic carbocycles. The van der Waals surface area contributed by atoms with Crippen molar-refractivity contribution in [3.8, 4) is 6.07 Å². The summed E-state index contributed by atoms with van der Waals surface area (Å²) in [5, 5.41) is 30.6. The van der Waals surface area contributed by atoms with Gasteiger partial charge in [-0.2, -0.15) is 10.1 Å². The van der Waals surface area contributed by atoms with Crippen molar-refractivity contribution in [3.63, 3.8) is 0 Å². The average Bonchev–Trinajstić information content (AvgIpc) is 2.79. The number of nitriles is 1. The molecule has 0 aliphatic rings. The van der Waals surface area contributed by atoms with Crippen molar-refractivity contribution in [2.24, 2.45) is 0 Å². The van der Waals surface area contributed by atoms with Crippen molar-refractivity contribution in [1.82, 2.24) is 40.4 Å². The molecule has 2 rings (SSSR count). The molecular weight excluding hydrogens is 186 g/mol. The summed E-state index contributed by atoms with van der Waals surface area (Å²) in [4.78, 5) is 2.53. The molecule has 0 saturated heterocycles. The van der Waals surface area contributed by atoms with Crippen LogP contribution in [-0.2, 0) is 13.1 Å². The van der Waals surface area contributed by atoms with E-state index in [2.05, 4.69) is 30.8 Å². The Morgan fingerprint density at radius 3 is 3.00 bits per heavy atom. The van der Waals surface area contributed by atoms with Gasteiger partial charge < -0.3 is 0 Å². The molecule has 2 heterocycles. The average molecular weight is 191 g/mol. The van der Waals surface area contributed by atoms with Crippen LogP contribution < -0.4 is 0 Å². The molecule has 0 aromatic carbocycles. The molecule has 14 heavy (non-hydrogen) atoms. The van der Waals surface area contributed by atoms with Crippen LogP contribution >= 0.6 is 0 Å². The highest BCUT2D eigenvalue weighted by atomic mass is 15.6. The molecule has 70 valence electrons. The van der Waals surface area contributed by atoms with Gasteiger partial charge in [0.25, 0.3) is 0 Å². The Hall–Kier alpha value is -2.37. The molecule has 0 bridgehead atoms. The first-order chi connectivity index (χ1) is 6.88. The van der Waals surface area contributed by atoms with Crippen molar-refractivity contribution >= 4 is 0 Å². The summed E-state index contributed by atoms with van der Waals surface area (Å²) >= 11 is 0. The van der Waals surface area contributed by atoms with Gasteiger partial charge in [-0.1, -0.05) is 0 Å². The van der Waals surface area contributed by atoms with Gasteiger partial charge in [-0.25, -0.2) is 0 Å². The van der Waals surface area contributed by atoms with E-state index < -0.39 is 0 Å². The van der Waals surface area contributed by atoms with E-state index in [1.807, 2.05) is 6.07 Å². The van der Waals surface area contributed by atoms with E-state index in [9.17, 15) is 0 Å². The monoisotopic (exact) mass is 191 g/mol. The lowest BCUT2D eigenvalue weighted by Crippen LogP contribution is -2.06. The predicted octanol–water partition coefficient (Wildman–Crippen LogP) is -1.77. The highest BCUT2D eigenvalue weighted by molar-refractivity contribution is 4.77. The number of aromatic nitrogens is 8. The lowest BCUT2D eigenvalue weighted by Gasteiger charge is -1.89. The number of nitrogens with zero attached hydrogens (tertiary/aromatic N) is 9. The van der Waals surface area contributed by atoms with E-state index in [0.717, 1.165) is 0 Å². The first-order valence-corrected chi connectivity index (χ1v) is 3.73. The third-order valence-electron chi connectivity index (χ3n) is 1.38. The maximum Gasteiger partial charge on any atom is 0.198 e. The minimum atomic E-state index is 0.0811. The molecule has 0 radical (unpaired) electrons. The fourth-order valence-electron chi connectivity index (χ4n) is 0.857. The van der Waals surface area contributed by atoms with Gasteiger partial charge in [-0.15, -0.1) is 25.2 Å². The van der Waals surface area contributed by atoms with Crippen LogP contribution in [0.4, 0.5) is 0 Å². The van der Waals surface area contributed by atoms with Gasteiger partial charge in [0, 0.05) is 0 Å². The number of hydrogen-bond acceptors (Lipinski definition) is 7. The minimum Gasteiger partial charge on any atom is -0.196 e. The zero-order chi connectivity index (χ0) is 9.80. The van der Waals surface area contributed by atoms with Gasteiger partial charge in [0.15, 0.2) is 12.2 Å². The number of tetrazole rings is 2. The molecule has 9 nitrogen and oxygen atoms in total. The Morgan fingerprint density at radius 1 is 1.36 bits per heavy atom. The molecule has 0 aliphatic heterocycles. The molecule has 0 N–H and O–H groups in total. The predicted molar refractivity (Wildman–Crippen MR) is 40.3 cm³/mol. The molecule has 0 atom stereocenters. The Morgan fingerprint density at radius 2 is 2.29 bits per heavy atom. The third kappa shape index (κ3) is 1.69. The molecule has 0 spiro atoms. The number of rotatable bonds is 3. The third-order valence-corrected chi connectivity index (χ3v) is 1.38. The summed E-state index contributed by atoms with van der Waals surface area (Å²) in [5.74, 6) is 0.443. The lowest BCUT2D eigenvalue weighted by atomic mass is 10.6. The van der Waals surface area contributed by atoms with E-state index in [1.165, 1.54) is 15.9 Å². The molecule has 2 aromatic rings. The highest BCUT2D eigenvalue weighted by Gasteiger charge is 2.03. The van der Waals surface area contributed by atoms with Crippen LogP contribution in [0.5, 0.6) is 0 Å². The fraction of sp³-hybridized carbons (Fsp3) is 0.400. The Kier molecular flexibility index (Phi) is 2.10. The normalized spacial score (nSPS) is 9.93. The fourth-order valence-corrected chi connectivity index (χ4v) is 0.857. The van der Waals surface area contributed by atoms with Crippen molar-refractivity contribution in [3.05, 3.63) is 12.2 Å². The SMILES string of the molecule is N#CCn1nnc(Cn2ncnn2)n1. The molecule has 0 fully saturated rings. The minimum absolute atomic E-state index is 0.0811. The summed E-state index contributed by atoms with van der Waals surface area (Å²) in [6, 6.07) is 1.90. The van der Waals surface area contributed by atoms with Crippen LogP contribution in [0.3, 0.4) is 0 Å². The molecule has 9 heteroatoms. The van der Waals surface area contributed by atoms with Gasteiger partial charge in [0.2, 0.25) is 0 Å². The molecular formula is C5H5N9. The standard InChI is InChI=1S/C5H5N9/c6-1-2-13-10-5(9-12-13)3-14-8-4-7-11-14/h4H,2-3H2. The first-order valence-electron chi connectivity index (χ1n) is 3.73. The largest absolute Gasteiger partial charge is 0.198 e. The van der Waals surface area contributed by atoms with Crippen LogP contribution in [0.1, 0.15) is 5.82 Å². The van der Waals surface area contributed by atoms with Crippen molar-refractivity contribution in [2.45, 2.75) is 13.1 Å². The topological polar surface area (TPSA) is 111 Å². The molecule has 0 saturated carbocycles. The van der Waals surface area contributed by atoms with Crippen LogP contribution in [-0.4, -0.2) is 40.4 Å². The summed E-state index contributed by atoms with van der Waals surface area (Å²) in [7, 11) is 0. The number of hydrogen-bond donors (Lipinski definition) is 0. The first kappa shape index (κ1) is 8.24. The highest BCUT2D eigenvalue weighted by Crippen LogP contribution is 1.88. The summed E-state index contributed by atoms with van der Waals surface area (Å²) in [6.45, 7) is 0.378. The Balaban J connectivity index is 2.07. The zero-order valence-corrected chi connectivity index (χ0v) is 7.02. The zero-order valence-electron chi connectivity index (χ0n) is 7.02. The van der Waals surface area contributed by atoms with E-state index in [1.54, 1.807) is 0 Å². The van der Waals surface area contributed by atoms with E-state index in [4.69, 9.17) is 5.26 Å². The van der Waals surface area contributed by atoms with Gasteiger partial charge in [0.1, 0.15) is 13.1 Å². The summed E-state index contributed by atoms with van der Waals surface area (Å²) in [6.07, 6.45) is 1.32. The van der Waals surface area contributed by atoms with E-state index in [-0.39, 0.29) is 6.54 Å². The van der Waals surface area contributed by atoms with Crippen LogP contribution in [0.2, 0.25) is 0 Å². The van der Waals surface area contributed by atoms with Crippen LogP contribution in [0.15, 0.2) is 6.33 Å². The van der Waals surface area contributed by atoms with Gasteiger partial charge in [-0.05, 0) is 10.4 Å². The second kappa shape index (κ2) is 3.56. The van der Waals surface area contributed by atoms with Crippen molar-refractivity contribution in [2.75, 3.05) is 0 Å². The maximum atomic E-state index is 8.37. The van der Waals surface area contributed by atoms with E-state index in [0.29, 0.717) is 12.4 Å². The smallest absolute Gasteiger partial charge is 0.196 e. The van der Waals surface area contributed by atoms with Gasteiger partial charge in [-0.3, -0.25) is 0 Å². The van der Waals surface area contributed by atoms with Gasteiger partial charge in [0.05, 0.1) is 6.07 Å². The molecule has 2 aromatic heterocycles. The summed E-state index contributed by atoms with van der Waals surface area (Å²) in [5.41, 5.74) is 0. The summed E-state index contributed by atoms with van der Waals surface area (Å²) < 4.78 is 0.